The number of anilines is 1. The molecule has 0 aliphatic rings. The molecule has 0 fully saturated rings. The predicted octanol–water partition coefficient (Wildman–Crippen LogP) is 2.38. The van der Waals surface area contributed by atoms with Crippen molar-refractivity contribution in [1.82, 2.24) is 4.98 Å². The highest BCUT2D eigenvalue weighted by Gasteiger charge is 2.16. The van der Waals surface area contributed by atoms with Gasteiger partial charge in [-0.05, 0) is 18.1 Å². The molecule has 1 atom stereocenters. The van der Waals surface area contributed by atoms with E-state index in [0.717, 1.165) is 12.0 Å². The lowest BCUT2D eigenvalue weighted by Crippen LogP contribution is -2.09. The van der Waals surface area contributed by atoms with Crippen LogP contribution < -0.4 is 5.32 Å². The van der Waals surface area contributed by atoms with Gasteiger partial charge < -0.3 is 5.32 Å². The summed E-state index contributed by atoms with van der Waals surface area (Å²) in [7, 11) is -1.28. The Kier molecular flexibility index (Phi) is 4.99. The predicted molar refractivity (Wildman–Crippen MR) is 81.9 cm³/mol. The van der Waals surface area contributed by atoms with Gasteiger partial charge >= 0.3 is 5.69 Å². The van der Waals surface area contributed by atoms with Gasteiger partial charge in [0.05, 0.1) is 15.7 Å². The summed E-state index contributed by atoms with van der Waals surface area (Å²) in [5.41, 5.74) is 1.01. The normalized spacial score (nSPS) is 11.9. The summed E-state index contributed by atoms with van der Waals surface area (Å²) in [6, 6.07) is 12.5. The second-order valence-electron chi connectivity index (χ2n) is 4.39. The molecule has 1 N–H and O–H groups in total. The minimum absolute atomic E-state index is 0.114. The number of nitrogens with one attached hydrogen (secondary N) is 1. The quantitative estimate of drug-likeness (QED) is 0.654. The topological polar surface area (TPSA) is 85.1 Å². The molecule has 1 aromatic heterocycles. The fourth-order valence-electron chi connectivity index (χ4n) is 1.84. The maximum atomic E-state index is 11.4. The summed E-state index contributed by atoms with van der Waals surface area (Å²) in [6.07, 6.45) is 2.21. The fraction of sp³-hybridized carbons (Fsp3) is 0.214. The van der Waals surface area contributed by atoms with Gasteiger partial charge in [-0.3, -0.25) is 14.3 Å². The Balaban J connectivity index is 2.12. The van der Waals surface area contributed by atoms with Crippen molar-refractivity contribution in [3.8, 4) is 0 Å². The number of nitro groups is 1. The van der Waals surface area contributed by atoms with Crippen molar-refractivity contribution in [3.63, 3.8) is 0 Å². The zero-order chi connectivity index (χ0) is 15.2. The Hall–Kier alpha value is -2.28. The van der Waals surface area contributed by atoms with Crippen molar-refractivity contribution in [3.05, 3.63) is 58.1 Å². The van der Waals surface area contributed by atoms with Gasteiger partial charge in [-0.25, -0.2) is 4.98 Å². The van der Waals surface area contributed by atoms with Crippen LogP contribution in [0.25, 0.3) is 0 Å². The van der Waals surface area contributed by atoms with Crippen LogP contribution in [0.1, 0.15) is 5.56 Å². The first-order valence-corrected chi connectivity index (χ1v) is 7.90. The van der Waals surface area contributed by atoms with Crippen molar-refractivity contribution >= 4 is 22.3 Å². The second kappa shape index (κ2) is 6.94. The van der Waals surface area contributed by atoms with E-state index >= 15 is 0 Å². The van der Waals surface area contributed by atoms with E-state index in [2.05, 4.69) is 10.3 Å². The van der Waals surface area contributed by atoms with Crippen LogP contribution in [0.4, 0.5) is 11.5 Å². The van der Waals surface area contributed by atoms with Gasteiger partial charge in [0.1, 0.15) is 5.03 Å². The average molecular weight is 305 g/mol. The van der Waals surface area contributed by atoms with Crippen LogP contribution in [-0.4, -0.2) is 26.9 Å². The SMILES string of the molecule is CS(=O)c1ccc([N+](=O)[O-])c(NCCc2ccccc2)n1. The van der Waals surface area contributed by atoms with Crippen LogP contribution in [-0.2, 0) is 17.2 Å². The second-order valence-corrected chi connectivity index (χ2v) is 5.72. The van der Waals surface area contributed by atoms with E-state index < -0.39 is 15.7 Å². The van der Waals surface area contributed by atoms with Gasteiger partial charge in [-0.15, -0.1) is 0 Å². The zero-order valence-electron chi connectivity index (χ0n) is 11.5. The number of benzene rings is 1. The van der Waals surface area contributed by atoms with Crippen LogP contribution in [0.3, 0.4) is 0 Å². The van der Waals surface area contributed by atoms with Crippen LogP contribution in [0.15, 0.2) is 47.5 Å². The third-order valence-corrected chi connectivity index (χ3v) is 3.70. The smallest absolute Gasteiger partial charge is 0.311 e. The molecule has 6 nitrogen and oxygen atoms in total. The van der Waals surface area contributed by atoms with Gasteiger partial charge in [-0.2, -0.15) is 0 Å². The standard InChI is InChI=1S/C14H15N3O3S/c1-21(20)13-8-7-12(17(18)19)14(16-13)15-10-9-11-5-3-2-4-6-11/h2-8H,9-10H2,1H3,(H,15,16). The summed E-state index contributed by atoms with van der Waals surface area (Å²) in [4.78, 5) is 14.6. The van der Waals surface area contributed by atoms with Crippen LogP contribution in [0.5, 0.6) is 0 Å². The van der Waals surface area contributed by atoms with Crippen LogP contribution in [0.2, 0.25) is 0 Å². The zero-order valence-corrected chi connectivity index (χ0v) is 12.3. The lowest BCUT2D eigenvalue weighted by atomic mass is 10.1. The molecule has 1 aromatic carbocycles. The Morgan fingerprint density at radius 3 is 2.57 bits per heavy atom. The maximum Gasteiger partial charge on any atom is 0.311 e. The number of rotatable bonds is 6. The molecule has 1 heterocycles. The average Bonchev–Trinajstić information content (AvgIpc) is 2.48. The molecule has 0 radical (unpaired) electrons. The van der Waals surface area contributed by atoms with E-state index in [9.17, 15) is 14.3 Å². The molecule has 1 unspecified atom stereocenters. The molecular weight excluding hydrogens is 290 g/mol. The number of nitrogens with zero attached hydrogens (tertiary/aromatic N) is 2. The molecule has 0 saturated heterocycles. The first-order valence-electron chi connectivity index (χ1n) is 6.34. The van der Waals surface area contributed by atoms with Crippen molar-refractivity contribution < 1.29 is 9.13 Å². The lowest BCUT2D eigenvalue weighted by molar-refractivity contribution is -0.384. The third kappa shape index (κ3) is 4.09. The number of pyridine rings is 1. The molecular formula is C14H15N3O3S. The van der Waals surface area contributed by atoms with Crippen LogP contribution in [0, 0.1) is 10.1 Å². The minimum atomic E-state index is -1.28. The summed E-state index contributed by atoms with van der Waals surface area (Å²) < 4.78 is 11.4. The molecule has 0 saturated carbocycles. The highest BCUT2D eigenvalue weighted by Crippen LogP contribution is 2.23. The van der Waals surface area contributed by atoms with Gasteiger partial charge in [0.15, 0.2) is 0 Å². The first-order chi connectivity index (χ1) is 10.1. The molecule has 0 bridgehead atoms. The largest absolute Gasteiger partial charge is 0.364 e. The van der Waals surface area contributed by atoms with E-state index in [1.54, 1.807) is 0 Å². The monoisotopic (exact) mass is 305 g/mol. The van der Waals surface area contributed by atoms with E-state index in [0.29, 0.717) is 11.6 Å². The van der Waals surface area contributed by atoms with E-state index in [4.69, 9.17) is 0 Å². The minimum Gasteiger partial charge on any atom is -0.364 e. The molecule has 0 aliphatic carbocycles. The highest BCUT2D eigenvalue weighted by molar-refractivity contribution is 7.84. The fourth-order valence-corrected chi connectivity index (χ4v) is 2.32. The Labute approximate surface area is 124 Å². The van der Waals surface area contributed by atoms with Gasteiger partial charge in [-0.1, -0.05) is 30.3 Å². The Morgan fingerprint density at radius 1 is 1.24 bits per heavy atom. The van der Waals surface area contributed by atoms with Crippen molar-refractivity contribution in [1.29, 1.82) is 0 Å². The summed E-state index contributed by atoms with van der Waals surface area (Å²) in [5.74, 6) is 0.156. The highest BCUT2D eigenvalue weighted by atomic mass is 32.2. The van der Waals surface area contributed by atoms with Gasteiger partial charge in [0, 0.05) is 18.9 Å². The third-order valence-electron chi connectivity index (χ3n) is 2.89. The maximum absolute atomic E-state index is 11.4. The van der Waals surface area contributed by atoms with Crippen molar-refractivity contribution in [2.24, 2.45) is 0 Å². The molecule has 21 heavy (non-hydrogen) atoms. The molecule has 2 aromatic rings. The molecule has 110 valence electrons. The van der Waals surface area contributed by atoms with Gasteiger partial charge in [0.25, 0.3) is 0 Å². The van der Waals surface area contributed by atoms with E-state index in [1.807, 2.05) is 30.3 Å². The molecule has 0 aliphatic heterocycles. The number of aromatic nitrogens is 1. The lowest BCUT2D eigenvalue weighted by Gasteiger charge is -2.07. The van der Waals surface area contributed by atoms with Crippen molar-refractivity contribution in [2.45, 2.75) is 11.4 Å². The van der Waals surface area contributed by atoms with E-state index in [-0.39, 0.29) is 11.5 Å². The molecule has 2 rings (SSSR count). The van der Waals surface area contributed by atoms with Gasteiger partial charge in [0.2, 0.25) is 5.82 Å². The van der Waals surface area contributed by atoms with Crippen molar-refractivity contribution in [2.75, 3.05) is 18.1 Å². The Morgan fingerprint density at radius 2 is 1.95 bits per heavy atom. The molecule has 0 spiro atoms. The molecule has 7 heteroatoms. The summed E-state index contributed by atoms with van der Waals surface area (Å²) >= 11 is 0. The van der Waals surface area contributed by atoms with Crippen LogP contribution >= 0.6 is 0 Å². The molecule has 0 amide bonds. The summed E-state index contributed by atoms with van der Waals surface area (Å²) in [5, 5.41) is 14.3. The first kappa shape index (κ1) is 15.1. The van der Waals surface area contributed by atoms with E-state index in [1.165, 1.54) is 18.4 Å². The number of hydrogen-bond acceptors (Lipinski definition) is 5. The number of hydrogen-bond donors (Lipinski definition) is 1. The Bertz CT molecular complexity index is 662. The summed E-state index contributed by atoms with van der Waals surface area (Å²) in [6.45, 7) is 0.512.